The van der Waals surface area contributed by atoms with E-state index in [4.69, 9.17) is 0 Å². The van der Waals surface area contributed by atoms with Crippen LogP contribution in [0, 0.1) is 0 Å². The molecule has 0 bridgehead atoms. The highest BCUT2D eigenvalue weighted by molar-refractivity contribution is 7.89. The standard InChI is InChI=1S/C20H26N4O6S/c25-17-9-13-23(31(29,30)16-5-2-1-3-6-16)12-4-11-22(14-10-21-17)20(28)15-24-18(26)7-8-19(24)27/h1-3,5-6H,4,7-15H2,(H,21,25). The maximum atomic E-state index is 13.0. The van der Waals surface area contributed by atoms with Gasteiger partial charge in [-0.25, -0.2) is 8.42 Å². The van der Waals surface area contributed by atoms with Crippen LogP contribution in [0.1, 0.15) is 25.7 Å². The number of likely N-dealkylation sites (tertiary alicyclic amines) is 1. The minimum atomic E-state index is -3.78. The summed E-state index contributed by atoms with van der Waals surface area (Å²) in [5.74, 6) is -1.46. The van der Waals surface area contributed by atoms with E-state index in [0.29, 0.717) is 6.42 Å². The number of hydrogen-bond acceptors (Lipinski definition) is 6. The third kappa shape index (κ3) is 5.67. The summed E-state index contributed by atoms with van der Waals surface area (Å²) in [6.45, 7) is 0.497. The molecule has 4 amide bonds. The van der Waals surface area contributed by atoms with Crippen molar-refractivity contribution >= 4 is 33.7 Å². The second kappa shape index (κ2) is 10.0. The maximum absolute atomic E-state index is 13.0. The fraction of sp³-hybridized carbons (Fsp3) is 0.500. The van der Waals surface area contributed by atoms with Crippen molar-refractivity contribution in [1.82, 2.24) is 19.4 Å². The van der Waals surface area contributed by atoms with Crippen LogP contribution in [-0.2, 0) is 29.2 Å². The molecule has 1 aromatic carbocycles. The lowest BCUT2D eigenvalue weighted by atomic mass is 10.3. The Bertz CT molecular complexity index is 934. The SMILES string of the molecule is O=C1CCN(S(=O)(=O)c2ccccc2)CCCN(C(=O)CN2C(=O)CCC2=O)CCN1. The van der Waals surface area contributed by atoms with Gasteiger partial charge in [-0.2, -0.15) is 4.31 Å². The molecule has 1 N–H and O–H groups in total. The highest BCUT2D eigenvalue weighted by atomic mass is 32.2. The molecule has 0 aliphatic carbocycles. The van der Waals surface area contributed by atoms with E-state index in [9.17, 15) is 27.6 Å². The quantitative estimate of drug-likeness (QED) is 0.621. The summed E-state index contributed by atoms with van der Waals surface area (Å²) in [5.41, 5.74) is 0. The predicted molar refractivity (Wildman–Crippen MR) is 110 cm³/mol. The number of rotatable bonds is 4. The number of nitrogens with zero attached hydrogens (tertiary/aromatic N) is 3. The first-order chi connectivity index (χ1) is 14.8. The normalized spacial score (nSPS) is 19.8. The minimum Gasteiger partial charge on any atom is -0.354 e. The molecular formula is C20H26N4O6S. The summed E-state index contributed by atoms with van der Waals surface area (Å²) in [7, 11) is -3.78. The van der Waals surface area contributed by atoms with Crippen LogP contribution in [0.15, 0.2) is 35.2 Å². The van der Waals surface area contributed by atoms with E-state index in [2.05, 4.69) is 5.32 Å². The van der Waals surface area contributed by atoms with Gasteiger partial charge in [-0.15, -0.1) is 0 Å². The first-order valence-corrected chi connectivity index (χ1v) is 11.7. The smallest absolute Gasteiger partial charge is 0.243 e. The molecule has 0 atom stereocenters. The molecule has 0 unspecified atom stereocenters. The maximum Gasteiger partial charge on any atom is 0.243 e. The average Bonchev–Trinajstić information content (AvgIpc) is 3.04. The number of carbonyl (C=O) groups is 4. The van der Waals surface area contributed by atoms with Crippen LogP contribution >= 0.6 is 0 Å². The summed E-state index contributed by atoms with van der Waals surface area (Å²) in [5, 5.41) is 2.69. The van der Waals surface area contributed by atoms with Crippen LogP contribution in [0.25, 0.3) is 0 Å². The molecule has 2 fully saturated rings. The van der Waals surface area contributed by atoms with Crippen molar-refractivity contribution in [2.24, 2.45) is 0 Å². The van der Waals surface area contributed by atoms with Crippen molar-refractivity contribution < 1.29 is 27.6 Å². The largest absolute Gasteiger partial charge is 0.354 e. The average molecular weight is 451 g/mol. The molecule has 2 aliphatic heterocycles. The molecule has 2 aliphatic rings. The molecule has 11 heteroatoms. The molecule has 3 rings (SSSR count). The van der Waals surface area contributed by atoms with Gasteiger partial charge in [-0.05, 0) is 18.6 Å². The van der Waals surface area contributed by atoms with Crippen molar-refractivity contribution in [3.63, 3.8) is 0 Å². The lowest BCUT2D eigenvalue weighted by Gasteiger charge is -2.26. The second-order valence-corrected chi connectivity index (χ2v) is 9.36. The zero-order chi connectivity index (χ0) is 22.4. The summed E-state index contributed by atoms with van der Waals surface area (Å²) in [4.78, 5) is 51.0. The van der Waals surface area contributed by atoms with Crippen molar-refractivity contribution in [1.29, 1.82) is 0 Å². The summed E-state index contributed by atoms with van der Waals surface area (Å²) >= 11 is 0. The van der Waals surface area contributed by atoms with Crippen LogP contribution in [0.3, 0.4) is 0 Å². The molecule has 31 heavy (non-hydrogen) atoms. The molecular weight excluding hydrogens is 424 g/mol. The fourth-order valence-corrected chi connectivity index (χ4v) is 5.07. The Balaban J connectivity index is 1.71. The van der Waals surface area contributed by atoms with Crippen LogP contribution in [0.4, 0.5) is 0 Å². The molecule has 10 nitrogen and oxygen atoms in total. The van der Waals surface area contributed by atoms with E-state index >= 15 is 0 Å². The third-order valence-corrected chi connectivity index (χ3v) is 7.22. The van der Waals surface area contributed by atoms with Crippen LogP contribution in [0.5, 0.6) is 0 Å². The Kier molecular flexibility index (Phi) is 7.39. The van der Waals surface area contributed by atoms with Gasteiger partial charge >= 0.3 is 0 Å². The Labute approximate surface area is 181 Å². The zero-order valence-corrected chi connectivity index (χ0v) is 18.0. The monoisotopic (exact) mass is 450 g/mol. The minimum absolute atomic E-state index is 0.0107. The Morgan fingerprint density at radius 2 is 1.58 bits per heavy atom. The third-order valence-electron chi connectivity index (χ3n) is 5.31. The first kappa shape index (κ1) is 22.9. The number of sulfonamides is 1. The van der Waals surface area contributed by atoms with Crippen molar-refractivity contribution in [3.05, 3.63) is 30.3 Å². The van der Waals surface area contributed by atoms with Gasteiger partial charge in [0.05, 0.1) is 4.90 Å². The topological polar surface area (TPSA) is 124 Å². The van der Waals surface area contributed by atoms with E-state index < -0.39 is 15.9 Å². The Hall–Kier alpha value is -2.79. The van der Waals surface area contributed by atoms with E-state index in [1.807, 2.05) is 0 Å². The number of benzene rings is 1. The highest BCUT2D eigenvalue weighted by Crippen LogP contribution is 2.17. The lowest BCUT2D eigenvalue weighted by Crippen LogP contribution is -2.45. The van der Waals surface area contributed by atoms with Crippen molar-refractivity contribution in [3.8, 4) is 0 Å². The second-order valence-electron chi connectivity index (χ2n) is 7.43. The van der Waals surface area contributed by atoms with Gasteiger partial charge in [0, 0.05) is 52.0 Å². The number of imide groups is 1. The van der Waals surface area contributed by atoms with Gasteiger partial charge in [0.25, 0.3) is 0 Å². The molecule has 0 radical (unpaired) electrons. The van der Waals surface area contributed by atoms with Gasteiger partial charge in [0.2, 0.25) is 33.7 Å². The van der Waals surface area contributed by atoms with Gasteiger partial charge in [0.1, 0.15) is 6.54 Å². The Morgan fingerprint density at radius 1 is 0.903 bits per heavy atom. The van der Waals surface area contributed by atoms with Crippen LogP contribution < -0.4 is 5.32 Å². The van der Waals surface area contributed by atoms with Crippen LogP contribution in [0.2, 0.25) is 0 Å². The molecule has 2 heterocycles. The highest BCUT2D eigenvalue weighted by Gasteiger charge is 2.32. The molecule has 0 aromatic heterocycles. The van der Waals surface area contributed by atoms with E-state index in [1.54, 1.807) is 18.2 Å². The van der Waals surface area contributed by atoms with Gasteiger partial charge in [-0.1, -0.05) is 18.2 Å². The van der Waals surface area contributed by atoms with Crippen molar-refractivity contribution in [2.75, 3.05) is 39.3 Å². The fourth-order valence-electron chi connectivity index (χ4n) is 3.57. The van der Waals surface area contributed by atoms with Gasteiger partial charge < -0.3 is 10.2 Å². The molecule has 0 saturated carbocycles. The van der Waals surface area contributed by atoms with Crippen molar-refractivity contribution in [2.45, 2.75) is 30.6 Å². The van der Waals surface area contributed by atoms with Crippen LogP contribution in [-0.4, -0.2) is 85.4 Å². The lowest BCUT2D eigenvalue weighted by molar-refractivity contribution is -0.145. The van der Waals surface area contributed by atoms with Gasteiger partial charge in [-0.3, -0.25) is 24.1 Å². The summed E-state index contributed by atoms with van der Waals surface area (Å²) in [6, 6.07) is 7.99. The Morgan fingerprint density at radius 3 is 2.26 bits per heavy atom. The summed E-state index contributed by atoms with van der Waals surface area (Å²) in [6.07, 6.45) is 0.577. The van der Waals surface area contributed by atoms with E-state index in [0.717, 1.165) is 4.90 Å². The predicted octanol–water partition coefficient (Wildman–Crippen LogP) is -0.435. The molecule has 0 spiro atoms. The number of amides is 4. The number of nitrogens with one attached hydrogen (secondary N) is 1. The number of carbonyl (C=O) groups excluding carboxylic acids is 4. The first-order valence-electron chi connectivity index (χ1n) is 10.2. The summed E-state index contributed by atoms with van der Waals surface area (Å²) < 4.78 is 27.2. The molecule has 1 aromatic rings. The number of hydrogen-bond donors (Lipinski definition) is 1. The van der Waals surface area contributed by atoms with Gasteiger partial charge in [0.15, 0.2) is 0 Å². The molecule has 168 valence electrons. The van der Waals surface area contributed by atoms with E-state index in [-0.39, 0.29) is 81.1 Å². The van der Waals surface area contributed by atoms with E-state index in [1.165, 1.54) is 21.3 Å². The molecule has 2 saturated heterocycles. The zero-order valence-electron chi connectivity index (χ0n) is 17.2.